The first kappa shape index (κ1) is 24.1. The smallest absolute Gasteiger partial charge is 0.412 e. The Morgan fingerprint density at radius 3 is 2.35 bits per heavy atom. The molecule has 0 unspecified atom stereocenters. The number of carbonyl (C=O) groups excluding carboxylic acids is 1. The molecule has 31 heavy (non-hydrogen) atoms. The predicted molar refractivity (Wildman–Crippen MR) is 129 cm³/mol. The first-order valence-electron chi connectivity index (χ1n) is 10.5. The van der Waals surface area contributed by atoms with Gasteiger partial charge >= 0.3 is 6.09 Å². The van der Waals surface area contributed by atoms with Crippen LogP contribution in [-0.2, 0) is 17.7 Å². The van der Waals surface area contributed by atoms with Crippen molar-refractivity contribution < 1.29 is 9.53 Å². The van der Waals surface area contributed by atoms with Crippen molar-refractivity contribution in [3.8, 4) is 0 Å². The number of benzene rings is 2. The Balaban J connectivity index is 1.77. The SMILES string of the molecule is CN=C(NCCc1ccc(NC(=O)OC(C)(C)C)cc1)NCc1cccc(N(C)C)c1. The van der Waals surface area contributed by atoms with Gasteiger partial charge in [0.15, 0.2) is 5.96 Å². The van der Waals surface area contributed by atoms with Crippen LogP contribution in [0.15, 0.2) is 53.5 Å². The first-order valence-corrected chi connectivity index (χ1v) is 10.5. The van der Waals surface area contributed by atoms with Gasteiger partial charge in [0.25, 0.3) is 0 Å². The largest absolute Gasteiger partial charge is 0.444 e. The Morgan fingerprint density at radius 1 is 1.03 bits per heavy atom. The summed E-state index contributed by atoms with van der Waals surface area (Å²) in [6, 6.07) is 16.2. The summed E-state index contributed by atoms with van der Waals surface area (Å²) in [5, 5.41) is 9.43. The molecule has 0 radical (unpaired) electrons. The average Bonchev–Trinajstić information content (AvgIpc) is 2.70. The summed E-state index contributed by atoms with van der Waals surface area (Å²) in [6.45, 7) is 6.97. The average molecular weight is 426 g/mol. The minimum Gasteiger partial charge on any atom is -0.444 e. The highest BCUT2D eigenvalue weighted by molar-refractivity contribution is 5.84. The number of carbonyl (C=O) groups is 1. The standard InChI is InChI=1S/C24H35N5O2/c1-24(2,3)31-23(30)28-20-12-10-18(11-13-20)14-15-26-22(25-4)27-17-19-8-7-9-21(16-19)29(5)6/h7-13,16H,14-15,17H2,1-6H3,(H,28,30)(H2,25,26,27). The Hall–Kier alpha value is -3.22. The van der Waals surface area contributed by atoms with E-state index in [4.69, 9.17) is 4.74 Å². The normalized spacial score (nSPS) is 11.6. The van der Waals surface area contributed by atoms with E-state index >= 15 is 0 Å². The lowest BCUT2D eigenvalue weighted by Gasteiger charge is -2.19. The molecular weight excluding hydrogens is 390 g/mol. The molecule has 168 valence electrons. The topological polar surface area (TPSA) is 78.0 Å². The van der Waals surface area contributed by atoms with E-state index in [1.54, 1.807) is 7.05 Å². The van der Waals surface area contributed by atoms with E-state index in [9.17, 15) is 4.79 Å². The summed E-state index contributed by atoms with van der Waals surface area (Å²) in [7, 11) is 5.84. The third-order valence-electron chi connectivity index (χ3n) is 4.42. The number of nitrogens with one attached hydrogen (secondary N) is 3. The Labute approximate surface area is 185 Å². The molecule has 1 amide bonds. The fourth-order valence-electron chi connectivity index (χ4n) is 2.85. The number of guanidine groups is 1. The molecule has 0 bridgehead atoms. The maximum atomic E-state index is 11.8. The molecule has 2 rings (SSSR count). The zero-order valence-corrected chi connectivity index (χ0v) is 19.5. The summed E-state index contributed by atoms with van der Waals surface area (Å²) in [5.74, 6) is 0.762. The van der Waals surface area contributed by atoms with Crippen LogP contribution in [0.5, 0.6) is 0 Å². The van der Waals surface area contributed by atoms with Crippen LogP contribution in [0.2, 0.25) is 0 Å². The zero-order chi connectivity index (χ0) is 22.9. The number of hydrogen-bond donors (Lipinski definition) is 3. The van der Waals surface area contributed by atoms with E-state index in [1.165, 1.54) is 11.3 Å². The second kappa shape index (κ2) is 11.2. The van der Waals surface area contributed by atoms with Gasteiger partial charge in [-0.2, -0.15) is 0 Å². The molecule has 0 aliphatic heterocycles. The van der Waals surface area contributed by atoms with Gasteiger partial charge in [0, 0.05) is 45.6 Å². The van der Waals surface area contributed by atoms with E-state index < -0.39 is 11.7 Å². The second-order valence-electron chi connectivity index (χ2n) is 8.49. The van der Waals surface area contributed by atoms with Crippen LogP contribution in [0.4, 0.5) is 16.2 Å². The fraction of sp³-hybridized carbons (Fsp3) is 0.417. The van der Waals surface area contributed by atoms with Crippen molar-refractivity contribution in [2.24, 2.45) is 4.99 Å². The van der Waals surface area contributed by atoms with Crippen molar-refractivity contribution in [1.29, 1.82) is 0 Å². The number of anilines is 2. The van der Waals surface area contributed by atoms with Gasteiger partial charge in [0.05, 0.1) is 0 Å². The molecule has 0 aromatic heterocycles. The molecule has 0 fully saturated rings. The molecule has 3 N–H and O–H groups in total. The van der Waals surface area contributed by atoms with E-state index in [-0.39, 0.29) is 0 Å². The molecular formula is C24H35N5O2. The van der Waals surface area contributed by atoms with Crippen molar-refractivity contribution in [2.45, 2.75) is 39.3 Å². The van der Waals surface area contributed by atoms with Gasteiger partial charge in [-0.15, -0.1) is 0 Å². The lowest BCUT2D eigenvalue weighted by Crippen LogP contribution is -2.37. The minimum absolute atomic E-state index is 0.451. The van der Waals surface area contributed by atoms with Gasteiger partial charge in [-0.25, -0.2) is 4.79 Å². The zero-order valence-electron chi connectivity index (χ0n) is 19.5. The second-order valence-corrected chi connectivity index (χ2v) is 8.49. The Morgan fingerprint density at radius 2 is 1.74 bits per heavy atom. The van der Waals surface area contributed by atoms with Crippen LogP contribution in [0.25, 0.3) is 0 Å². The molecule has 7 nitrogen and oxygen atoms in total. The predicted octanol–water partition coefficient (Wildman–Crippen LogP) is 4.01. The maximum Gasteiger partial charge on any atom is 0.412 e. The van der Waals surface area contributed by atoms with Crippen LogP contribution < -0.4 is 20.9 Å². The minimum atomic E-state index is -0.516. The summed E-state index contributed by atoms with van der Waals surface area (Å²) < 4.78 is 5.27. The summed E-state index contributed by atoms with van der Waals surface area (Å²) in [4.78, 5) is 18.2. The first-order chi connectivity index (χ1) is 14.7. The number of rotatable bonds is 7. The number of nitrogens with zero attached hydrogens (tertiary/aromatic N) is 2. The molecule has 0 saturated carbocycles. The molecule has 0 atom stereocenters. The van der Waals surface area contributed by atoms with Crippen LogP contribution in [0.3, 0.4) is 0 Å². The number of aliphatic imine (C=N–C) groups is 1. The molecule has 0 saturated heterocycles. The molecule has 7 heteroatoms. The highest BCUT2D eigenvalue weighted by Crippen LogP contribution is 2.14. The van der Waals surface area contributed by atoms with Gasteiger partial charge in [0.2, 0.25) is 0 Å². The fourth-order valence-corrected chi connectivity index (χ4v) is 2.85. The monoisotopic (exact) mass is 425 g/mol. The Bertz CT molecular complexity index is 870. The maximum absolute atomic E-state index is 11.8. The van der Waals surface area contributed by atoms with E-state index in [2.05, 4.69) is 50.1 Å². The van der Waals surface area contributed by atoms with Crippen LogP contribution >= 0.6 is 0 Å². The van der Waals surface area contributed by atoms with Gasteiger partial charge in [-0.05, 0) is 62.6 Å². The number of hydrogen-bond acceptors (Lipinski definition) is 4. The van der Waals surface area contributed by atoms with Crippen molar-refractivity contribution in [3.05, 3.63) is 59.7 Å². The third-order valence-corrected chi connectivity index (χ3v) is 4.42. The molecule has 0 heterocycles. The molecule has 0 aliphatic rings. The summed E-state index contributed by atoms with van der Waals surface area (Å²) in [5.41, 5.74) is 3.73. The van der Waals surface area contributed by atoms with Crippen LogP contribution in [0.1, 0.15) is 31.9 Å². The molecule has 2 aromatic rings. The van der Waals surface area contributed by atoms with Gasteiger partial charge in [0.1, 0.15) is 5.60 Å². The van der Waals surface area contributed by atoms with Crippen LogP contribution in [0, 0.1) is 0 Å². The van der Waals surface area contributed by atoms with Crippen molar-refractivity contribution in [3.63, 3.8) is 0 Å². The molecule has 0 spiro atoms. The molecule has 2 aromatic carbocycles. The van der Waals surface area contributed by atoms with Gasteiger partial charge < -0.3 is 20.3 Å². The summed E-state index contributed by atoms with van der Waals surface area (Å²) >= 11 is 0. The quantitative estimate of drug-likeness (QED) is 0.462. The van der Waals surface area contributed by atoms with E-state index in [0.29, 0.717) is 12.2 Å². The van der Waals surface area contributed by atoms with E-state index in [1.807, 2.05) is 59.1 Å². The van der Waals surface area contributed by atoms with Crippen molar-refractivity contribution >= 4 is 23.4 Å². The highest BCUT2D eigenvalue weighted by Gasteiger charge is 2.16. The lowest BCUT2D eigenvalue weighted by molar-refractivity contribution is 0.0636. The lowest BCUT2D eigenvalue weighted by atomic mass is 10.1. The van der Waals surface area contributed by atoms with Crippen molar-refractivity contribution in [1.82, 2.24) is 10.6 Å². The van der Waals surface area contributed by atoms with E-state index in [0.717, 1.165) is 24.5 Å². The van der Waals surface area contributed by atoms with Crippen molar-refractivity contribution in [2.75, 3.05) is 37.9 Å². The van der Waals surface area contributed by atoms with Crippen LogP contribution in [-0.4, -0.2) is 45.3 Å². The summed E-state index contributed by atoms with van der Waals surface area (Å²) in [6.07, 6.45) is 0.386. The highest BCUT2D eigenvalue weighted by atomic mass is 16.6. The number of amides is 1. The van der Waals surface area contributed by atoms with Gasteiger partial charge in [-0.3, -0.25) is 10.3 Å². The number of ether oxygens (including phenoxy) is 1. The Kier molecular flexibility index (Phi) is 8.73. The third kappa shape index (κ3) is 8.99. The molecule has 0 aliphatic carbocycles. The van der Waals surface area contributed by atoms with Gasteiger partial charge in [-0.1, -0.05) is 24.3 Å².